The Morgan fingerprint density at radius 3 is 2.55 bits per heavy atom. The van der Waals surface area contributed by atoms with Crippen LogP contribution in [-0.2, 0) is 14.3 Å². The summed E-state index contributed by atoms with van der Waals surface area (Å²) in [5.74, 6) is -0.236. The van der Waals surface area contributed by atoms with Crippen LogP contribution in [0.3, 0.4) is 0 Å². The first-order valence-electron chi connectivity index (χ1n) is 5.53. The number of halogens is 3. The quantitative estimate of drug-likeness (QED) is 0.476. The number of rotatable bonds is 2. The topological polar surface area (TPSA) is 46.6 Å². The van der Waals surface area contributed by atoms with E-state index < -0.39 is 15.6 Å². The minimum absolute atomic E-state index is 0.0491. The van der Waals surface area contributed by atoms with Gasteiger partial charge in [-0.05, 0) is 21.5 Å². The minimum atomic E-state index is -5.63. The third-order valence-corrected chi connectivity index (χ3v) is 4.20. The van der Waals surface area contributed by atoms with Crippen LogP contribution in [0.5, 0.6) is 0 Å². The number of para-hydroxylation sites is 1. The first kappa shape index (κ1) is 15.1. The lowest BCUT2D eigenvalue weighted by molar-refractivity contribution is -0.0522. The van der Waals surface area contributed by atoms with Gasteiger partial charge in [-0.2, -0.15) is 21.6 Å². The average Bonchev–Trinajstić information content (AvgIpc) is 2.48. The van der Waals surface area contributed by atoms with Gasteiger partial charge in [0.25, 0.3) is 0 Å². The van der Waals surface area contributed by atoms with E-state index in [9.17, 15) is 21.6 Å². The van der Waals surface area contributed by atoms with Crippen molar-refractivity contribution in [3.8, 4) is 0 Å². The summed E-state index contributed by atoms with van der Waals surface area (Å²) in [7, 11) is -3.20. The van der Waals surface area contributed by atoms with Crippen LogP contribution in [-0.4, -0.2) is 20.5 Å². The molecule has 0 saturated carbocycles. The number of benzene rings is 1. The van der Waals surface area contributed by atoms with E-state index >= 15 is 0 Å². The number of anilines is 1. The second-order valence-electron chi connectivity index (χ2n) is 4.10. The molecule has 110 valence electrons. The third kappa shape index (κ3) is 3.07. The van der Waals surface area contributed by atoms with E-state index in [1.165, 1.54) is 6.08 Å². The Labute approximate surface area is 116 Å². The summed E-state index contributed by atoms with van der Waals surface area (Å²) >= 11 is 0. The molecule has 0 aromatic heterocycles. The molecule has 0 saturated heterocycles. The molecule has 0 bridgehead atoms. The summed E-state index contributed by atoms with van der Waals surface area (Å²) < 4.78 is 64.9. The number of hydrogen-bond donors (Lipinski definition) is 0. The maximum Gasteiger partial charge on any atom is 0.534 e. The summed E-state index contributed by atoms with van der Waals surface area (Å²) in [6.45, 7) is 0.320. The Morgan fingerprint density at radius 1 is 1.25 bits per heavy atom. The van der Waals surface area contributed by atoms with E-state index in [0.29, 0.717) is 12.1 Å². The van der Waals surface area contributed by atoms with Crippen molar-refractivity contribution in [1.29, 1.82) is 0 Å². The number of hydrogen-bond acceptors (Lipinski definition) is 4. The zero-order valence-electron chi connectivity index (χ0n) is 10.1. The van der Waals surface area contributed by atoms with E-state index in [2.05, 4.69) is 13.6 Å². The average molecular weight is 325 g/mol. The maximum absolute atomic E-state index is 12.3. The van der Waals surface area contributed by atoms with E-state index in [4.69, 9.17) is 0 Å². The Balaban J connectivity index is 2.34. The fourth-order valence-corrected chi connectivity index (χ4v) is 2.59. The SMILES string of the molecule is O=S(=O)(OC1=Cc2ccccc2N(P)CC1)C(F)(F)F. The number of nitrogens with zero attached hydrogens (tertiary/aromatic N) is 1. The van der Waals surface area contributed by atoms with Crippen molar-refractivity contribution in [1.82, 2.24) is 0 Å². The highest BCUT2D eigenvalue weighted by atomic mass is 32.2. The van der Waals surface area contributed by atoms with Crippen molar-refractivity contribution >= 4 is 31.3 Å². The van der Waals surface area contributed by atoms with E-state index in [1.54, 1.807) is 28.9 Å². The molecule has 2 rings (SSSR count). The largest absolute Gasteiger partial charge is 0.534 e. The van der Waals surface area contributed by atoms with Gasteiger partial charge in [0.1, 0.15) is 5.76 Å². The molecule has 0 aliphatic carbocycles. The van der Waals surface area contributed by atoms with Crippen molar-refractivity contribution in [2.45, 2.75) is 11.9 Å². The third-order valence-electron chi connectivity index (χ3n) is 2.66. The molecule has 0 radical (unpaired) electrons. The molecule has 4 nitrogen and oxygen atoms in total. The molecule has 1 aliphatic heterocycles. The molecule has 1 aliphatic rings. The van der Waals surface area contributed by atoms with Gasteiger partial charge in [0.2, 0.25) is 0 Å². The van der Waals surface area contributed by atoms with Crippen molar-refractivity contribution in [2.75, 3.05) is 11.2 Å². The normalized spacial score (nSPS) is 16.2. The van der Waals surface area contributed by atoms with Gasteiger partial charge in [-0.25, -0.2) is 0 Å². The lowest BCUT2D eigenvalue weighted by Gasteiger charge is -2.18. The summed E-state index contributed by atoms with van der Waals surface area (Å²) in [4.78, 5) is 0. The molecular formula is C11H11F3NO3PS. The Kier molecular flexibility index (Phi) is 3.97. The molecular weight excluding hydrogens is 314 g/mol. The van der Waals surface area contributed by atoms with Crippen molar-refractivity contribution in [3.63, 3.8) is 0 Å². The Hall–Kier alpha value is -1.27. The van der Waals surface area contributed by atoms with Crippen molar-refractivity contribution < 1.29 is 25.8 Å². The molecule has 1 aromatic carbocycles. The molecule has 20 heavy (non-hydrogen) atoms. The maximum atomic E-state index is 12.3. The van der Waals surface area contributed by atoms with Crippen LogP contribution < -0.4 is 4.67 Å². The van der Waals surface area contributed by atoms with Crippen LogP contribution in [0.2, 0.25) is 0 Å². The second kappa shape index (κ2) is 5.26. The second-order valence-corrected chi connectivity index (χ2v) is 6.26. The van der Waals surface area contributed by atoms with Crippen LogP contribution in [0.1, 0.15) is 12.0 Å². The Morgan fingerprint density at radius 2 is 1.90 bits per heavy atom. The van der Waals surface area contributed by atoms with E-state index in [1.807, 2.05) is 0 Å². The number of fused-ring (bicyclic) bond motifs is 1. The molecule has 1 unspecified atom stereocenters. The van der Waals surface area contributed by atoms with Crippen molar-refractivity contribution in [3.05, 3.63) is 35.6 Å². The molecule has 1 aromatic rings. The van der Waals surface area contributed by atoms with Gasteiger partial charge in [-0.15, -0.1) is 0 Å². The van der Waals surface area contributed by atoms with Gasteiger partial charge in [-0.1, -0.05) is 18.2 Å². The fraction of sp³-hybridized carbons (Fsp3) is 0.273. The van der Waals surface area contributed by atoms with Crippen LogP contribution in [0.15, 0.2) is 30.0 Å². The smallest absolute Gasteiger partial charge is 0.380 e. The lowest BCUT2D eigenvalue weighted by atomic mass is 10.1. The summed E-state index contributed by atoms with van der Waals surface area (Å²) in [6.07, 6.45) is 1.36. The van der Waals surface area contributed by atoms with Gasteiger partial charge in [-0.3, -0.25) is 0 Å². The molecule has 0 fully saturated rings. The predicted octanol–water partition coefficient (Wildman–Crippen LogP) is 2.89. The summed E-state index contributed by atoms with van der Waals surface area (Å²) in [6, 6.07) is 6.93. The van der Waals surface area contributed by atoms with Crippen molar-refractivity contribution in [2.24, 2.45) is 0 Å². The highest BCUT2D eigenvalue weighted by Gasteiger charge is 2.48. The van der Waals surface area contributed by atoms with Crippen LogP contribution in [0.25, 0.3) is 6.08 Å². The summed E-state index contributed by atoms with van der Waals surface area (Å²) in [5, 5.41) is 0. The minimum Gasteiger partial charge on any atom is -0.380 e. The predicted molar refractivity (Wildman–Crippen MR) is 72.2 cm³/mol. The molecule has 9 heteroatoms. The van der Waals surface area contributed by atoms with Gasteiger partial charge in [0.15, 0.2) is 0 Å². The highest BCUT2D eigenvalue weighted by Crippen LogP contribution is 2.33. The summed E-state index contributed by atoms with van der Waals surface area (Å²) in [5.41, 5.74) is -4.08. The Bertz CT molecular complexity index is 643. The van der Waals surface area contributed by atoms with E-state index in [0.717, 1.165) is 5.69 Å². The first-order valence-corrected chi connectivity index (χ1v) is 7.46. The zero-order chi connectivity index (χ0) is 15.0. The first-order chi connectivity index (χ1) is 9.21. The molecule has 1 atom stereocenters. The molecule has 0 amide bonds. The highest BCUT2D eigenvalue weighted by molar-refractivity contribution is 7.87. The van der Waals surface area contributed by atoms with Gasteiger partial charge in [0, 0.05) is 24.2 Å². The van der Waals surface area contributed by atoms with Gasteiger partial charge in [0.05, 0.1) is 0 Å². The van der Waals surface area contributed by atoms with Gasteiger partial charge < -0.3 is 8.85 Å². The zero-order valence-corrected chi connectivity index (χ0v) is 12.1. The van der Waals surface area contributed by atoms with Crippen LogP contribution >= 0.6 is 9.39 Å². The van der Waals surface area contributed by atoms with Crippen LogP contribution in [0.4, 0.5) is 18.9 Å². The van der Waals surface area contributed by atoms with Crippen LogP contribution in [0, 0.1) is 0 Å². The van der Waals surface area contributed by atoms with Gasteiger partial charge >= 0.3 is 15.6 Å². The molecule has 1 heterocycles. The molecule has 0 N–H and O–H groups in total. The lowest BCUT2D eigenvalue weighted by Crippen LogP contribution is -2.25. The number of alkyl halides is 3. The monoisotopic (exact) mass is 325 g/mol. The molecule has 0 spiro atoms. The van der Waals surface area contributed by atoms with E-state index in [-0.39, 0.29) is 12.2 Å². The standard InChI is InChI=1S/C11H11F3NO3PS/c12-11(13,14)20(16,17)18-9-5-6-15(19)10-4-2-1-3-8(10)7-9/h1-4,7H,5-6,19H2. The fourth-order valence-electron chi connectivity index (χ4n) is 1.72.